The quantitative estimate of drug-likeness (QED) is 0.849. The van der Waals surface area contributed by atoms with Gasteiger partial charge in [-0.1, -0.05) is 12.1 Å². The predicted octanol–water partition coefficient (Wildman–Crippen LogP) is 2.23. The molecule has 0 fully saturated rings. The summed E-state index contributed by atoms with van der Waals surface area (Å²) in [7, 11) is 1.79. The van der Waals surface area contributed by atoms with Crippen molar-refractivity contribution < 1.29 is 13.7 Å². The monoisotopic (exact) mass is 306 g/mol. The largest absolute Gasteiger partial charge is 0.338 e. The average Bonchev–Trinajstić information content (AvgIpc) is 2.88. The van der Waals surface area contributed by atoms with Gasteiger partial charge in [-0.2, -0.15) is 4.98 Å². The lowest BCUT2D eigenvalue weighted by molar-refractivity contribution is -0.117. The molecule has 2 aromatic rings. The van der Waals surface area contributed by atoms with E-state index >= 15 is 0 Å². The fourth-order valence-electron chi connectivity index (χ4n) is 1.95. The van der Waals surface area contributed by atoms with Crippen LogP contribution in [0.4, 0.5) is 10.1 Å². The molecule has 0 aliphatic carbocycles. The average molecular weight is 306 g/mol. The van der Waals surface area contributed by atoms with E-state index in [9.17, 15) is 9.18 Å². The van der Waals surface area contributed by atoms with Gasteiger partial charge < -0.3 is 9.84 Å². The molecule has 0 saturated heterocycles. The third-order valence-electron chi connectivity index (χ3n) is 2.93. The maximum Gasteiger partial charge on any atom is 0.240 e. The van der Waals surface area contributed by atoms with E-state index in [0.717, 1.165) is 12.8 Å². The number of nitrogens with zero attached hydrogens (tertiary/aromatic N) is 3. The summed E-state index contributed by atoms with van der Waals surface area (Å²) in [5, 5.41) is 6.56. The molecule has 0 atom stereocenters. The molecule has 1 aromatic carbocycles. The second kappa shape index (κ2) is 7.65. The summed E-state index contributed by atoms with van der Waals surface area (Å²) in [5.74, 6) is 0.638. The van der Waals surface area contributed by atoms with Gasteiger partial charge in [0.2, 0.25) is 11.8 Å². The highest BCUT2D eigenvalue weighted by Gasteiger charge is 2.12. The summed E-state index contributed by atoms with van der Waals surface area (Å²) in [5.41, 5.74) is 0.558. The van der Waals surface area contributed by atoms with E-state index in [2.05, 4.69) is 15.5 Å². The van der Waals surface area contributed by atoms with Crippen LogP contribution in [0.3, 0.4) is 0 Å². The minimum Gasteiger partial charge on any atom is -0.338 e. The van der Waals surface area contributed by atoms with Crippen molar-refractivity contribution in [3.8, 4) is 0 Å². The Balaban J connectivity index is 1.81. The first-order valence-electron chi connectivity index (χ1n) is 7.12. The number of anilines is 1. The Morgan fingerprint density at radius 1 is 1.36 bits per heavy atom. The molecule has 0 saturated carbocycles. The number of halogens is 1. The first-order valence-corrected chi connectivity index (χ1v) is 7.12. The maximum absolute atomic E-state index is 12.8. The molecule has 22 heavy (non-hydrogen) atoms. The highest BCUT2D eigenvalue weighted by atomic mass is 19.1. The molecule has 0 unspecified atom stereocenters. The van der Waals surface area contributed by atoms with Crippen molar-refractivity contribution in [3.63, 3.8) is 0 Å². The highest BCUT2D eigenvalue weighted by Crippen LogP contribution is 2.08. The first-order chi connectivity index (χ1) is 10.6. The third-order valence-corrected chi connectivity index (χ3v) is 2.93. The summed E-state index contributed by atoms with van der Waals surface area (Å²) in [6.07, 6.45) is 1.73. The summed E-state index contributed by atoms with van der Waals surface area (Å²) in [6, 6.07) is 5.63. The Kier molecular flexibility index (Phi) is 5.60. The van der Waals surface area contributed by atoms with Crippen molar-refractivity contribution in [2.24, 2.45) is 0 Å². The number of nitrogens with one attached hydrogen (secondary N) is 1. The van der Waals surface area contributed by atoms with E-state index in [1.165, 1.54) is 24.3 Å². The molecule has 0 aliphatic heterocycles. The topological polar surface area (TPSA) is 71.3 Å². The molecule has 0 bridgehead atoms. The van der Waals surface area contributed by atoms with Crippen LogP contribution in [0.25, 0.3) is 0 Å². The smallest absolute Gasteiger partial charge is 0.240 e. The van der Waals surface area contributed by atoms with Crippen molar-refractivity contribution in [1.29, 1.82) is 0 Å². The van der Waals surface area contributed by atoms with Gasteiger partial charge in [0.05, 0.1) is 13.1 Å². The van der Waals surface area contributed by atoms with Gasteiger partial charge in [-0.25, -0.2) is 4.39 Å². The number of carbonyl (C=O) groups excluding carboxylic acids is 1. The Hall–Kier alpha value is -2.28. The molecule has 0 spiro atoms. The summed E-state index contributed by atoms with van der Waals surface area (Å²) >= 11 is 0. The van der Waals surface area contributed by atoms with Gasteiger partial charge in [0.25, 0.3) is 0 Å². The fourth-order valence-corrected chi connectivity index (χ4v) is 1.95. The summed E-state index contributed by atoms with van der Waals surface area (Å²) < 4.78 is 17.9. The van der Waals surface area contributed by atoms with Crippen LogP contribution in [-0.2, 0) is 17.8 Å². The number of hydrogen-bond acceptors (Lipinski definition) is 5. The van der Waals surface area contributed by atoms with Crippen LogP contribution in [0, 0.1) is 5.82 Å². The molecule has 1 N–H and O–H groups in total. The van der Waals surface area contributed by atoms with Crippen LogP contribution >= 0.6 is 0 Å². The number of hydrogen-bond donors (Lipinski definition) is 1. The van der Waals surface area contributed by atoms with Gasteiger partial charge >= 0.3 is 0 Å². The molecular formula is C15H19FN4O2. The van der Waals surface area contributed by atoms with Crippen molar-refractivity contribution in [3.05, 3.63) is 41.8 Å². The second-order valence-electron chi connectivity index (χ2n) is 5.08. The molecule has 1 amide bonds. The number of amides is 1. The van der Waals surface area contributed by atoms with Crippen molar-refractivity contribution in [2.75, 3.05) is 18.9 Å². The molecule has 7 heteroatoms. The normalized spacial score (nSPS) is 10.9. The minimum absolute atomic E-state index is 0.170. The zero-order chi connectivity index (χ0) is 15.9. The fraction of sp³-hybridized carbons (Fsp3) is 0.400. The standard InChI is InChI=1S/C15H19FN4O2/c1-3-4-13-18-15(22-19-13)10-20(2)9-14(21)17-12-7-5-11(16)6-8-12/h5-8H,3-4,9-10H2,1-2H3,(H,17,21). The minimum atomic E-state index is -0.339. The second-order valence-corrected chi connectivity index (χ2v) is 5.08. The number of aromatic nitrogens is 2. The number of benzene rings is 1. The van der Waals surface area contributed by atoms with Crippen LogP contribution in [0.1, 0.15) is 25.1 Å². The van der Waals surface area contributed by atoms with Crippen molar-refractivity contribution in [1.82, 2.24) is 15.0 Å². The first kappa shape index (κ1) is 16.1. The van der Waals surface area contributed by atoms with Gasteiger partial charge in [-0.05, 0) is 37.7 Å². The Morgan fingerprint density at radius 2 is 2.09 bits per heavy atom. The molecule has 2 rings (SSSR count). The van der Waals surface area contributed by atoms with Crippen LogP contribution in [0.5, 0.6) is 0 Å². The lowest BCUT2D eigenvalue weighted by Crippen LogP contribution is -2.29. The van der Waals surface area contributed by atoms with E-state index in [1.807, 2.05) is 6.92 Å². The third kappa shape index (κ3) is 4.92. The number of carbonyl (C=O) groups is 1. The SMILES string of the molecule is CCCc1noc(CN(C)CC(=O)Nc2ccc(F)cc2)n1. The van der Waals surface area contributed by atoms with Gasteiger partial charge in [-0.15, -0.1) is 0 Å². The van der Waals surface area contributed by atoms with E-state index in [1.54, 1.807) is 11.9 Å². The maximum atomic E-state index is 12.8. The molecule has 0 aliphatic rings. The number of likely N-dealkylation sites (N-methyl/N-ethyl adjacent to an activating group) is 1. The van der Waals surface area contributed by atoms with Gasteiger partial charge in [0, 0.05) is 12.1 Å². The summed E-state index contributed by atoms with van der Waals surface area (Å²) in [4.78, 5) is 17.9. The zero-order valence-corrected chi connectivity index (χ0v) is 12.7. The van der Waals surface area contributed by atoms with Gasteiger partial charge in [0.15, 0.2) is 5.82 Å². The molecule has 118 valence electrons. The molecule has 0 radical (unpaired) electrons. The zero-order valence-electron chi connectivity index (χ0n) is 12.7. The Bertz CT molecular complexity index is 612. The Labute approximate surface area is 128 Å². The van der Waals surface area contributed by atoms with Crippen LogP contribution < -0.4 is 5.32 Å². The lowest BCUT2D eigenvalue weighted by Gasteiger charge is -2.13. The van der Waals surface area contributed by atoms with E-state index in [4.69, 9.17) is 4.52 Å². The van der Waals surface area contributed by atoms with Crippen LogP contribution in [0.15, 0.2) is 28.8 Å². The molecule has 1 heterocycles. The molecular weight excluding hydrogens is 287 g/mol. The molecule has 6 nitrogen and oxygen atoms in total. The number of rotatable bonds is 7. The van der Waals surface area contributed by atoms with Gasteiger partial charge in [-0.3, -0.25) is 9.69 Å². The summed E-state index contributed by atoms with van der Waals surface area (Å²) in [6.45, 7) is 2.61. The van der Waals surface area contributed by atoms with Crippen LogP contribution in [0.2, 0.25) is 0 Å². The van der Waals surface area contributed by atoms with E-state index in [-0.39, 0.29) is 18.3 Å². The van der Waals surface area contributed by atoms with Crippen molar-refractivity contribution >= 4 is 11.6 Å². The lowest BCUT2D eigenvalue weighted by atomic mass is 10.3. The predicted molar refractivity (Wildman–Crippen MR) is 79.7 cm³/mol. The van der Waals surface area contributed by atoms with E-state index in [0.29, 0.717) is 23.9 Å². The Morgan fingerprint density at radius 3 is 2.77 bits per heavy atom. The molecule has 1 aromatic heterocycles. The van der Waals surface area contributed by atoms with E-state index < -0.39 is 0 Å². The van der Waals surface area contributed by atoms with Crippen molar-refractivity contribution in [2.45, 2.75) is 26.3 Å². The van der Waals surface area contributed by atoms with Crippen LogP contribution in [-0.4, -0.2) is 34.5 Å². The number of aryl methyl sites for hydroxylation is 1. The van der Waals surface area contributed by atoms with Gasteiger partial charge in [0.1, 0.15) is 5.82 Å². The highest BCUT2D eigenvalue weighted by molar-refractivity contribution is 5.92.